The molecule has 0 saturated carbocycles. The minimum atomic E-state index is -1.29. The average molecular weight is 271 g/mol. The zero-order valence-corrected chi connectivity index (χ0v) is 10.9. The Morgan fingerprint density at radius 1 is 1.40 bits per heavy atom. The molecule has 102 valence electrons. The molecule has 0 bridgehead atoms. The maximum atomic E-state index is 11.1. The van der Waals surface area contributed by atoms with E-state index in [0.717, 1.165) is 11.3 Å². The number of oxime groups is 1. The summed E-state index contributed by atoms with van der Waals surface area (Å²) in [5.41, 5.74) is 1.000. The quantitative estimate of drug-likeness (QED) is 0.924. The van der Waals surface area contributed by atoms with Crippen molar-refractivity contribution in [2.24, 2.45) is 5.16 Å². The Morgan fingerprint density at radius 3 is 2.80 bits per heavy atom. The summed E-state index contributed by atoms with van der Waals surface area (Å²) in [7, 11) is 0. The van der Waals surface area contributed by atoms with Crippen LogP contribution in [0, 0.1) is 0 Å². The van der Waals surface area contributed by atoms with Gasteiger partial charge in [0.05, 0.1) is 17.6 Å². The number of aliphatic carboxylic acids is 1. The third kappa shape index (κ3) is 2.05. The topological polar surface area (TPSA) is 76.7 Å². The molecule has 2 heterocycles. The fraction of sp³-hybridized carbons (Fsp3) is 0.214. The normalized spacial score (nSPS) is 21.4. The van der Waals surface area contributed by atoms with Gasteiger partial charge in [-0.05, 0) is 19.1 Å². The van der Waals surface area contributed by atoms with Crippen molar-refractivity contribution in [2.75, 3.05) is 0 Å². The highest BCUT2D eigenvalue weighted by molar-refractivity contribution is 6.04. The molecular formula is C14H13N3O3. The fourth-order valence-electron chi connectivity index (χ4n) is 2.00. The van der Waals surface area contributed by atoms with Crippen molar-refractivity contribution < 1.29 is 14.7 Å². The van der Waals surface area contributed by atoms with Gasteiger partial charge in [-0.25, -0.2) is 9.48 Å². The molecule has 0 spiro atoms. The highest BCUT2D eigenvalue weighted by Crippen LogP contribution is 2.26. The number of para-hydroxylation sites is 1. The van der Waals surface area contributed by atoms with Gasteiger partial charge in [-0.15, -0.1) is 0 Å². The van der Waals surface area contributed by atoms with Gasteiger partial charge < -0.3 is 9.94 Å². The molecule has 0 radical (unpaired) electrons. The van der Waals surface area contributed by atoms with Crippen LogP contribution in [0.15, 0.2) is 47.9 Å². The summed E-state index contributed by atoms with van der Waals surface area (Å²) >= 11 is 0. The standard InChI is InChI=1S/C14H13N3O3/c1-14(13(18)19)7-12(16-20-14)10-8-15-17(9-10)11-5-3-2-4-6-11/h2-6,8-9H,7H2,1H3,(H,18,19). The van der Waals surface area contributed by atoms with Crippen LogP contribution in [-0.4, -0.2) is 32.2 Å². The molecule has 6 nitrogen and oxygen atoms in total. The van der Waals surface area contributed by atoms with E-state index in [1.54, 1.807) is 10.9 Å². The van der Waals surface area contributed by atoms with Crippen molar-refractivity contribution in [2.45, 2.75) is 18.9 Å². The Balaban J connectivity index is 1.84. The maximum absolute atomic E-state index is 11.1. The zero-order valence-electron chi connectivity index (χ0n) is 10.9. The summed E-state index contributed by atoms with van der Waals surface area (Å²) in [6.45, 7) is 1.51. The van der Waals surface area contributed by atoms with Crippen LogP contribution in [-0.2, 0) is 9.63 Å². The van der Waals surface area contributed by atoms with Crippen LogP contribution in [0.4, 0.5) is 0 Å². The highest BCUT2D eigenvalue weighted by Gasteiger charge is 2.42. The molecule has 1 aromatic carbocycles. The number of hydrogen-bond donors (Lipinski definition) is 1. The van der Waals surface area contributed by atoms with E-state index in [1.807, 2.05) is 36.5 Å². The molecular weight excluding hydrogens is 258 g/mol. The Kier molecular flexibility index (Phi) is 2.78. The van der Waals surface area contributed by atoms with E-state index in [1.165, 1.54) is 6.92 Å². The first-order valence-electron chi connectivity index (χ1n) is 6.17. The second-order valence-electron chi connectivity index (χ2n) is 4.85. The van der Waals surface area contributed by atoms with Crippen LogP contribution >= 0.6 is 0 Å². The number of benzene rings is 1. The SMILES string of the molecule is CC1(C(=O)O)CC(c2cnn(-c3ccccc3)c2)=NO1. The first kappa shape index (κ1) is 12.4. The monoisotopic (exact) mass is 271 g/mol. The predicted octanol–water partition coefficient (Wildman–Crippen LogP) is 1.84. The van der Waals surface area contributed by atoms with Gasteiger partial charge in [0.1, 0.15) is 0 Å². The zero-order chi connectivity index (χ0) is 14.2. The molecule has 20 heavy (non-hydrogen) atoms. The molecule has 0 saturated heterocycles. The van der Waals surface area contributed by atoms with Gasteiger partial charge in [-0.1, -0.05) is 23.4 Å². The van der Waals surface area contributed by atoms with Crippen LogP contribution in [0.3, 0.4) is 0 Å². The summed E-state index contributed by atoms with van der Waals surface area (Å²) in [5.74, 6) is -1.02. The summed E-state index contributed by atoms with van der Waals surface area (Å²) < 4.78 is 1.72. The lowest BCUT2D eigenvalue weighted by molar-refractivity contribution is -0.160. The highest BCUT2D eigenvalue weighted by atomic mass is 16.7. The number of aromatic nitrogens is 2. The summed E-state index contributed by atoms with van der Waals surface area (Å²) in [6, 6.07) is 9.65. The lowest BCUT2D eigenvalue weighted by atomic mass is 9.98. The van der Waals surface area contributed by atoms with E-state index in [2.05, 4.69) is 10.3 Å². The van der Waals surface area contributed by atoms with Crippen LogP contribution in [0.25, 0.3) is 5.69 Å². The van der Waals surface area contributed by atoms with E-state index in [4.69, 9.17) is 9.94 Å². The van der Waals surface area contributed by atoms with E-state index in [-0.39, 0.29) is 6.42 Å². The van der Waals surface area contributed by atoms with Crippen molar-refractivity contribution >= 4 is 11.7 Å². The van der Waals surface area contributed by atoms with Gasteiger partial charge in [0.15, 0.2) is 0 Å². The maximum Gasteiger partial charge on any atom is 0.351 e. The van der Waals surface area contributed by atoms with Crippen LogP contribution < -0.4 is 0 Å². The lowest BCUT2D eigenvalue weighted by Crippen LogP contribution is -2.35. The number of carbonyl (C=O) groups is 1. The second-order valence-corrected chi connectivity index (χ2v) is 4.85. The number of rotatable bonds is 3. The average Bonchev–Trinajstić information content (AvgIpc) is 3.07. The largest absolute Gasteiger partial charge is 0.478 e. The van der Waals surface area contributed by atoms with Crippen molar-refractivity contribution in [1.82, 2.24) is 9.78 Å². The van der Waals surface area contributed by atoms with Crippen molar-refractivity contribution in [3.05, 3.63) is 48.3 Å². The molecule has 1 aromatic heterocycles. The van der Waals surface area contributed by atoms with E-state index < -0.39 is 11.6 Å². The van der Waals surface area contributed by atoms with Crippen molar-refractivity contribution in [3.63, 3.8) is 0 Å². The lowest BCUT2D eigenvalue weighted by Gasteiger charge is -2.14. The Morgan fingerprint density at radius 2 is 2.15 bits per heavy atom. The fourth-order valence-corrected chi connectivity index (χ4v) is 2.00. The predicted molar refractivity (Wildman–Crippen MR) is 71.8 cm³/mol. The molecule has 3 rings (SSSR count). The van der Waals surface area contributed by atoms with Crippen molar-refractivity contribution in [1.29, 1.82) is 0 Å². The Labute approximate surface area is 115 Å². The Hall–Kier alpha value is -2.63. The minimum Gasteiger partial charge on any atom is -0.478 e. The molecule has 1 unspecified atom stereocenters. The third-order valence-electron chi connectivity index (χ3n) is 3.25. The summed E-state index contributed by atoms with van der Waals surface area (Å²) in [4.78, 5) is 16.1. The number of carboxylic acid groups (broad SMARTS) is 1. The van der Waals surface area contributed by atoms with Crippen molar-refractivity contribution in [3.8, 4) is 5.69 Å². The van der Waals surface area contributed by atoms with Gasteiger partial charge >= 0.3 is 5.97 Å². The first-order valence-corrected chi connectivity index (χ1v) is 6.17. The van der Waals surface area contributed by atoms with Crippen LogP contribution in [0.1, 0.15) is 18.9 Å². The second kappa shape index (κ2) is 4.48. The molecule has 0 fully saturated rings. The molecule has 1 N–H and O–H groups in total. The van der Waals surface area contributed by atoms with Crippen LogP contribution in [0.2, 0.25) is 0 Å². The molecule has 0 aliphatic carbocycles. The number of carboxylic acids is 1. The summed E-state index contributed by atoms with van der Waals surface area (Å²) in [5, 5.41) is 17.2. The van der Waals surface area contributed by atoms with Gasteiger partial charge in [0.2, 0.25) is 5.60 Å². The van der Waals surface area contributed by atoms with Gasteiger partial charge in [-0.3, -0.25) is 0 Å². The first-order chi connectivity index (χ1) is 9.58. The van der Waals surface area contributed by atoms with Crippen LogP contribution in [0.5, 0.6) is 0 Å². The molecule has 2 aromatic rings. The molecule has 1 atom stereocenters. The Bertz CT molecular complexity index is 678. The van der Waals surface area contributed by atoms with Gasteiger partial charge in [0, 0.05) is 18.2 Å². The van der Waals surface area contributed by atoms with E-state index in [0.29, 0.717) is 5.71 Å². The third-order valence-corrected chi connectivity index (χ3v) is 3.25. The molecule has 0 amide bonds. The van der Waals surface area contributed by atoms with E-state index >= 15 is 0 Å². The molecule has 1 aliphatic rings. The number of hydrogen-bond acceptors (Lipinski definition) is 4. The van der Waals surface area contributed by atoms with Gasteiger partial charge in [0.25, 0.3) is 0 Å². The summed E-state index contributed by atoms with van der Waals surface area (Å²) in [6.07, 6.45) is 3.69. The van der Waals surface area contributed by atoms with Gasteiger partial charge in [-0.2, -0.15) is 5.10 Å². The minimum absolute atomic E-state index is 0.225. The molecule has 6 heteroatoms. The number of nitrogens with zero attached hydrogens (tertiary/aromatic N) is 3. The molecule has 1 aliphatic heterocycles. The smallest absolute Gasteiger partial charge is 0.351 e. The van der Waals surface area contributed by atoms with E-state index in [9.17, 15) is 4.79 Å².